The Morgan fingerprint density at radius 1 is 0.889 bits per heavy atom. The first-order valence-corrected chi connectivity index (χ1v) is 13.9. The van der Waals surface area contributed by atoms with E-state index in [9.17, 15) is 13.2 Å². The lowest BCUT2D eigenvalue weighted by Crippen LogP contribution is -2.52. The maximum atomic E-state index is 13.1. The van der Waals surface area contributed by atoms with Crippen molar-refractivity contribution in [3.8, 4) is 5.75 Å². The summed E-state index contributed by atoms with van der Waals surface area (Å²) in [6.07, 6.45) is 1.12. The highest BCUT2D eigenvalue weighted by Crippen LogP contribution is 2.25. The molecule has 0 radical (unpaired) electrons. The van der Waals surface area contributed by atoms with E-state index in [1.54, 1.807) is 29.2 Å². The number of rotatable bonds is 8. The molecule has 1 heterocycles. The molecule has 1 fully saturated rings. The van der Waals surface area contributed by atoms with Crippen LogP contribution < -0.4 is 13.9 Å². The summed E-state index contributed by atoms with van der Waals surface area (Å²) < 4.78 is 32.1. The molecule has 7 nitrogen and oxygen atoms in total. The Morgan fingerprint density at radius 3 is 2.19 bits per heavy atom. The number of ether oxygens (including phenoxy) is 1. The predicted molar refractivity (Wildman–Crippen MR) is 144 cm³/mol. The molecule has 1 aliphatic heterocycles. The molecule has 190 valence electrons. The van der Waals surface area contributed by atoms with Crippen LogP contribution in [-0.4, -0.2) is 58.2 Å². The smallest absolute Gasteiger partial charge is 0.243 e. The van der Waals surface area contributed by atoms with Crippen molar-refractivity contribution in [3.63, 3.8) is 0 Å². The Hall–Kier alpha value is -3.52. The van der Waals surface area contributed by atoms with Gasteiger partial charge in [-0.05, 0) is 60.9 Å². The van der Waals surface area contributed by atoms with Gasteiger partial charge in [0.25, 0.3) is 0 Å². The number of nitrogens with zero attached hydrogens (tertiary/aromatic N) is 3. The van der Waals surface area contributed by atoms with Gasteiger partial charge in [0, 0.05) is 31.9 Å². The molecule has 3 aromatic carbocycles. The first kappa shape index (κ1) is 25.6. The predicted octanol–water partition coefficient (Wildman–Crippen LogP) is 4.00. The molecule has 0 saturated carbocycles. The quantitative estimate of drug-likeness (QED) is 0.461. The summed E-state index contributed by atoms with van der Waals surface area (Å²) in [6.45, 7) is 6.93. The van der Waals surface area contributed by atoms with Crippen LogP contribution in [0, 0.1) is 13.8 Å². The van der Waals surface area contributed by atoms with Crippen LogP contribution in [0.15, 0.2) is 72.8 Å². The number of benzene rings is 3. The highest BCUT2D eigenvalue weighted by atomic mass is 32.2. The number of hydrogen-bond donors (Lipinski definition) is 0. The third-order valence-corrected chi connectivity index (χ3v) is 7.74. The van der Waals surface area contributed by atoms with Crippen LogP contribution in [0.5, 0.6) is 5.75 Å². The van der Waals surface area contributed by atoms with Crippen LogP contribution in [-0.2, 0) is 21.4 Å². The number of anilines is 2. The molecule has 0 aliphatic carbocycles. The van der Waals surface area contributed by atoms with Crippen molar-refractivity contribution in [2.75, 3.05) is 48.2 Å². The Bertz CT molecular complexity index is 1290. The number of piperazine rings is 1. The number of carbonyl (C=O) groups is 1. The zero-order valence-corrected chi connectivity index (χ0v) is 21.9. The van der Waals surface area contributed by atoms with Crippen LogP contribution in [0.25, 0.3) is 0 Å². The second kappa shape index (κ2) is 11.0. The number of amides is 1. The van der Waals surface area contributed by atoms with Crippen molar-refractivity contribution in [1.82, 2.24) is 4.90 Å². The molecule has 0 N–H and O–H groups in total. The fraction of sp³-hybridized carbons (Fsp3) is 0.321. The van der Waals surface area contributed by atoms with E-state index in [4.69, 9.17) is 4.74 Å². The molecule has 0 spiro atoms. The molecule has 0 aromatic heterocycles. The van der Waals surface area contributed by atoms with E-state index >= 15 is 0 Å². The Balaban J connectivity index is 1.38. The minimum absolute atomic E-state index is 0.203. The van der Waals surface area contributed by atoms with Crippen molar-refractivity contribution in [2.45, 2.75) is 20.5 Å². The van der Waals surface area contributed by atoms with Crippen molar-refractivity contribution >= 4 is 27.3 Å². The van der Waals surface area contributed by atoms with Gasteiger partial charge in [0.05, 0.1) is 11.9 Å². The minimum atomic E-state index is -3.65. The number of aryl methyl sites for hydroxylation is 1. The van der Waals surface area contributed by atoms with Crippen LogP contribution in [0.2, 0.25) is 0 Å². The van der Waals surface area contributed by atoms with Gasteiger partial charge in [-0.1, -0.05) is 42.5 Å². The molecule has 1 amide bonds. The maximum absolute atomic E-state index is 13.1. The van der Waals surface area contributed by atoms with E-state index in [2.05, 4.69) is 36.9 Å². The number of sulfonamides is 1. The van der Waals surface area contributed by atoms with E-state index in [0.717, 1.165) is 16.1 Å². The zero-order valence-electron chi connectivity index (χ0n) is 21.1. The van der Waals surface area contributed by atoms with Gasteiger partial charge in [0.15, 0.2) is 0 Å². The minimum Gasteiger partial charge on any atom is -0.489 e. The molecule has 1 aliphatic rings. The van der Waals surface area contributed by atoms with Gasteiger partial charge in [-0.3, -0.25) is 9.10 Å². The Kier molecular flexibility index (Phi) is 7.84. The van der Waals surface area contributed by atoms with Crippen LogP contribution in [0.3, 0.4) is 0 Å². The molecule has 8 heteroatoms. The normalized spacial score (nSPS) is 14.0. The summed E-state index contributed by atoms with van der Waals surface area (Å²) in [4.78, 5) is 17.1. The first-order chi connectivity index (χ1) is 17.2. The van der Waals surface area contributed by atoms with Crippen molar-refractivity contribution < 1.29 is 17.9 Å². The van der Waals surface area contributed by atoms with Gasteiger partial charge >= 0.3 is 0 Å². The Labute approximate surface area is 214 Å². The molecule has 1 saturated heterocycles. The summed E-state index contributed by atoms with van der Waals surface area (Å²) in [5.74, 6) is 0.426. The lowest BCUT2D eigenvalue weighted by Gasteiger charge is -2.37. The summed E-state index contributed by atoms with van der Waals surface area (Å²) in [5, 5.41) is 0. The second-order valence-corrected chi connectivity index (χ2v) is 11.0. The third-order valence-electron chi connectivity index (χ3n) is 6.60. The van der Waals surface area contributed by atoms with Crippen LogP contribution >= 0.6 is 0 Å². The topological polar surface area (TPSA) is 70.2 Å². The van der Waals surface area contributed by atoms with Crippen LogP contribution in [0.1, 0.15) is 16.7 Å². The van der Waals surface area contributed by atoms with Gasteiger partial charge in [-0.2, -0.15) is 0 Å². The summed E-state index contributed by atoms with van der Waals surface area (Å²) >= 11 is 0. The zero-order chi connectivity index (χ0) is 25.7. The van der Waals surface area contributed by atoms with E-state index in [1.165, 1.54) is 16.8 Å². The van der Waals surface area contributed by atoms with E-state index in [-0.39, 0.29) is 12.5 Å². The van der Waals surface area contributed by atoms with E-state index in [1.807, 2.05) is 30.3 Å². The summed E-state index contributed by atoms with van der Waals surface area (Å²) in [6, 6.07) is 22.9. The van der Waals surface area contributed by atoms with Gasteiger partial charge in [-0.15, -0.1) is 0 Å². The molecule has 4 rings (SSSR count). The van der Waals surface area contributed by atoms with Crippen molar-refractivity contribution in [1.29, 1.82) is 0 Å². The lowest BCUT2D eigenvalue weighted by atomic mass is 10.1. The molecule has 36 heavy (non-hydrogen) atoms. The van der Waals surface area contributed by atoms with Crippen LogP contribution in [0.4, 0.5) is 11.4 Å². The highest BCUT2D eigenvalue weighted by molar-refractivity contribution is 7.92. The largest absolute Gasteiger partial charge is 0.489 e. The van der Waals surface area contributed by atoms with Gasteiger partial charge in [0.1, 0.15) is 18.9 Å². The fourth-order valence-corrected chi connectivity index (χ4v) is 5.20. The second-order valence-electron chi connectivity index (χ2n) is 9.12. The SMILES string of the molecule is Cc1cccc(N2CCN(C(=O)CN(c3ccc(OCc4ccccc4)cc3)S(C)(=O)=O)CC2)c1C. The molecule has 0 bridgehead atoms. The van der Waals surface area contributed by atoms with E-state index in [0.29, 0.717) is 44.2 Å². The Morgan fingerprint density at radius 2 is 1.56 bits per heavy atom. The summed E-state index contributed by atoms with van der Waals surface area (Å²) in [7, 11) is -3.65. The number of carbonyl (C=O) groups excluding carboxylic acids is 1. The highest BCUT2D eigenvalue weighted by Gasteiger charge is 2.27. The molecular formula is C28H33N3O4S. The lowest BCUT2D eigenvalue weighted by molar-refractivity contribution is -0.129. The van der Waals surface area contributed by atoms with Gasteiger partial charge in [-0.25, -0.2) is 8.42 Å². The standard InChI is InChI=1S/C28H33N3O4S/c1-22-8-7-11-27(23(22)2)29-16-18-30(19-17-29)28(32)20-31(36(3,33)34)25-12-14-26(15-13-25)35-21-24-9-5-4-6-10-24/h4-15H,16-21H2,1-3H3. The number of hydrogen-bond acceptors (Lipinski definition) is 5. The summed E-state index contributed by atoms with van der Waals surface area (Å²) in [5.41, 5.74) is 5.16. The molecule has 0 atom stereocenters. The van der Waals surface area contributed by atoms with Crippen molar-refractivity contribution in [3.05, 3.63) is 89.5 Å². The molecule has 0 unspecified atom stereocenters. The van der Waals surface area contributed by atoms with Crippen molar-refractivity contribution in [2.24, 2.45) is 0 Å². The van der Waals surface area contributed by atoms with Gasteiger partial charge in [0.2, 0.25) is 15.9 Å². The maximum Gasteiger partial charge on any atom is 0.243 e. The van der Waals surface area contributed by atoms with E-state index < -0.39 is 10.0 Å². The third kappa shape index (κ3) is 6.18. The molecule has 3 aromatic rings. The average Bonchev–Trinajstić information content (AvgIpc) is 2.88. The average molecular weight is 508 g/mol. The fourth-order valence-electron chi connectivity index (χ4n) is 4.35. The first-order valence-electron chi connectivity index (χ1n) is 12.1. The monoisotopic (exact) mass is 507 g/mol. The van der Waals surface area contributed by atoms with Gasteiger partial charge < -0.3 is 14.5 Å². The molecular weight excluding hydrogens is 474 g/mol.